The van der Waals surface area contributed by atoms with Crippen molar-refractivity contribution in [1.82, 2.24) is 0 Å². The molecule has 0 aromatic rings. The van der Waals surface area contributed by atoms with Crippen LogP contribution in [0.5, 0.6) is 0 Å². The van der Waals surface area contributed by atoms with Crippen molar-refractivity contribution in [2.45, 2.75) is 65.2 Å². The smallest absolute Gasteiger partial charge is 0.307 e. The van der Waals surface area contributed by atoms with E-state index in [9.17, 15) is 29.4 Å². The second kappa shape index (κ2) is 13.7. The lowest BCUT2D eigenvalue weighted by molar-refractivity contribution is -0.152. The van der Waals surface area contributed by atoms with E-state index in [0.29, 0.717) is 12.3 Å². The summed E-state index contributed by atoms with van der Waals surface area (Å²) in [5, 5.41) is 36.5. The van der Waals surface area contributed by atoms with Crippen molar-refractivity contribution in [1.29, 1.82) is 0 Å². The van der Waals surface area contributed by atoms with Gasteiger partial charge in [-0.05, 0) is 31.1 Å². The fourth-order valence-corrected chi connectivity index (χ4v) is 3.06. The first-order chi connectivity index (χ1) is 13.0. The Hall–Kier alpha value is -2.38. The zero-order valence-corrected chi connectivity index (χ0v) is 16.5. The van der Waals surface area contributed by atoms with Crippen molar-refractivity contribution in [2.24, 2.45) is 23.7 Å². The highest BCUT2D eigenvalue weighted by molar-refractivity contribution is 5.79. The molecule has 4 N–H and O–H groups in total. The summed E-state index contributed by atoms with van der Waals surface area (Å²) in [4.78, 5) is 44.8. The van der Waals surface area contributed by atoms with E-state index in [2.05, 4.69) is 13.8 Å². The van der Waals surface area contributed by atoms with E-state index in [4.69, 9.17) is 10.2 Å². The molecule has 0 aromatic carbocycles. The molecule has 0 saturated carbocycles. The topological polar surface area (TPSA) is 149 Å². The zero-order valence-electron chi connectivity index (χ0n) is 16.5. The summed E-state index contributed by atoms with van der Waals surface area (Å²) in [6.45, 7) is 4.30. The maximum atomic E-state index is 11.5. The van der Waals surface area contributed by atoms with Gasteiger partial charge in [-0.1, -0.05) is 45.3 Å². The largest absolute Gasteiger partial charge is 0.481 e. The Morgan fingerprint density at radius 2 is 1.43 bits per heavy atom. The molecule has 3 atom stereocenters. The summed E-state index contributed by atoms with van der Waals surface area (Å²) in [6.07, 6.45) is 6.55. The van der Waals surface area contributed by atoms with Gasteiger partial charge in [-0.15, -0.1) is 0 Å². The van der Waals surface area contributed by atoms with E-state index in [1.165, 1.54) is 0 Å². The first kappa shape index (κ1) is 25.6. The van der Waals surface area contributed by atoms with Gasteiger partial charge >= 0.3 is 23.9 Å². The summed E-state index contributed by atoms with van der Waals surface area (Å²) in [5.74, 6) is -8.12. The summed E-state index contributed by atoms with van der Waals surface area (Å²) >= 11 is 0. The van der Waals surface area contributed by atoms with Gasteiger partial charge < -0.3 is 20.4 Å². The van der Waals surface area contributed by atoms with E-state index >= 15 is 0 Å². The molecule has 3 unspecified atom stereocenters. The van der Waals surface area contributed by atoms with Crippen LogP contribution in [-0.2, 0) is 19.2 Å². The number of hydrogen-bond acceptors (Lipinski definition) is 4. The molecule has 0 aromatic heterocycles. The standard InChI is InChI=1S/C20H32O8/c1-13(2)8-6-4-3-5-7-9-14(16(20(27)28)12-18(23)24)10-15(19(25)26)11-17(21)22/h7,9,13-16H,3-6,8,10-12H2,1-2H3,(H,21,22)(H,23,24)(H,25,26)(H,27,28). The molecule has 28 heavy (non-hydrogen) atoms. The molecule has 0 bridgehead atoms. The highest BCUT2D eigenvalue weighted by Crippen LogP contribution is 2.28. The number of carbonyl (C=O) groups is 4. The van der Waals surface area contributed by atoms with Crippen LogP contribution in [0.15, 0.2) is 12.2 Å². The molecule has 0 fully saturated rings. The van der Waals surface area contributed by atoms with E-state index in [1.807, 2.05) is 0 Å². The lowest BCUT2D eigenvalue weighted by Crippen LogP contribution is -2.29. The predicted octanol–water partition coefficient (Wildman–Crippen LogP) is 3.51. The lowest BCUT2D eigenvalue weighted by atomic mass is 9.81. The quantitative estimate of drug-likeness (QED) is 0.227. The van der Waals surface area contributed by atoms with Crippen LogP contribution in [0, 0.1) is 23.7 Å². The van der Waals surface area contributed by atoms with Gasteiger partial charge in [0.15, 0.2) is 0 Å². The fourth-order valence-electron chi connectivity index (χ4n) is 3.06. The molecule has 160 valence electrons. The van der Waals surface area contributed by atoms with Gasteiger partial charge in [0.25, 0.3) is 0 Å². The van der Waals surface area contributed by atoms with Gasteiger partial charge in [0, 0.05) is 0 Å². The normalized spacial score (nSPS) is 14.7. The van der Waals surface area contributed by atoms with Gasteiger partial charge in [0.1, 0.15) is 0 Å². The third kappa shape index (κ3) is 12.1. The molecule has 0 radical (unpaired) electrons. The van der Waals surface area contributed by atoms with Gasteiger partial charge in [-0.25, -0.2) is 0 Å². The first-order valence-electron chi connectivity index (χ1n) is 9.60. The molecular formula is C20H32O8. The third-order valence-electron chi connectivity index (χ3n) is 4.59. The van der Waals surface area contributed by atoms with Gasteiger partial charge in [0.2, 0.25) is 0 Å². The highest BCUT2D eigenvalue weighted by Gasteiger charge is 2.33. The molecule has 0 rings (SSSR count). The zero-order chi connectivity index (χ0) is 21.7. The predicted molar refractivity (Wildman–Crippen MR) is 102 cm³/mol. The van der Waals surface area contributed by atoms with Crippen molar-refractivity contribution >= 4 is 23.9 Å². The van der Waals surface area contributed by atoms with Crippen LogP contribution in [-0.4, -0.2) is 44.3 Å². The Morgan fingerprint density at radius 1 is 0.821 bits per heavy atom. The lowest BCUT2D eigenvalue weighted by Gasteiger charge is -2.22. The summed E-state index contributed by atoms with van der Waals surface area (Å²) in [7, 11) is 0. The number of carboxylic acids is 4. The maximum absolute atomic E-state index is 11.5. The number of hydrogen-bond donors (Lipinski definition) is 4. The molecule has 8 nitrogen and oxygen atoms in total. The third-order valence-corrected chi connectivity index (χ3v) is 4.59. The van der Waals surface area contributed by atoms with Gasteiger partial charge in [-0.2, -0.15) is 0 Å². The average molecular weight is 400 g/mol. The molecule has 0 aliphatic rings. The van der Waals surface area contributed by atoms with E-state index in [-0.39, 0.29) is 6.42 Å². The van der Waals surface area contributed by atoms with Crippen molar-refractivity contribution < 1.29 is 39.6 Å². The Balaban J connectivity index is 5.12. The van der Waals surface area contributed by atoms with Crippen LogP contribution in [0.3, 0.4) is 0 Å². The molecule has 0 aliphatic heterocycles. The fraction of sp³-hybridized carbons (Fsp3) is 0.700. The van der Waals surface area contributed by atoms with Crippen LogP contribution < -0.4 is 0 Å². The minimum Gasteiger partial charge on any atom is -0.481 e. The Bertz CT molecular complexity index is 552. The van der Waals surface area contributed by atoms with Crippen LogP contribution in [0.2, 0.25) is 0 Å². The van der Waals surface area contributed by atoms with Crippen LogP contribution >= 0.6 is 0 Å². The molecule has 0 aliphatic carbocycles. The minimum atomic E-state index is -1.34. The van der Waals surface area contributed by atoms with Crippen LogP contribution in [0.25, 0.3) is 0 Å². The maximum Gasteiger partial charge on any atom is 0.307 e. The number of rotatable bonds is 16. The number of carboxylic acid groups (broad SMARTS) is 4. The van der Waals surface area contributed by atoms with Crippen molar-refractivity contribution in [3.63, 3.8) is 0 Å². The summed E-state index contributed by atoms with van der Waals surface area (Å²) in [5.41, 5.74) is 0. The van der Waals surface area contributed by atoms with Crippen LogP contribution in [0.4, 0.5) is 0 Å². The molecule has 8 heteroatoms. The first-order valence-corrected chi connectivity index (χ1v) is 9.60. The Kier molecular flexibility index (Phi) is 12.6. The molecule has 0 heterocycles. The van der Waals surface area contributed by atoms with E-state index in [0.717, 1.165) is 25.7 Å². The van der Waals surface area contributed by atoms with Crippen molar-refractivity contribution in [2.75, 3.05) is 0 Å². The SMILES string of the molecule is CC(C)CCCCCC=CC(CC(CC(=O)O)C(=O)O)C(CC(=O)O)C(=O)O. The summed E-state index contributed by atoms with van der Waals surface area (Å²) < 4.78 is 0. The van der Waals surface area contributed by atoms with Crippen LogP contribution in [0.1, 0.15) is 65.2 Å². The highest BCUT2D eigenvalue weighted by atomic mass is 16.4. The van der Waals surface area contributed by atoms with E-state index in [1.54, 1.807) is 12.2 Å². The Morgan fingerprint density at radius 3 is 1.89 bits per heavy atom. The van der Waals surface area contributed by atoms with Gasteiger partial charge in [0.05, 0.1) is 24.7 Å². The van der Waals surface area contributed by atoms with Crippen molar-refractivity contribution in [3.8, 4) is 0 Å². The monoisotopic (exact) mass is 400 g/mol. The number of aliphatic carboxylic acids is 4. The molecule has 0 saturated heterocycles. The van der Waals surface area contributed by atoms with E-state index < -0.39 is 54.5 Å². The van der Waals surface area contributed by atoms with Crippen molar-refractivity contribution in [3.05, 3.63) is 12.2 Å². The second-order valence-electron chi connectivity index (χ2n) is 7.54. The average Bonchev–Trinajstić information content (AvgIpc) is 2.55. The minimum absolute atomic E-state index is 0.240. The molecule has 0 spiro atoms. The number of allylic oxidation sites excluding steroid dienone is 2. The molecule has 0 amide bonds. The Labute approximate surface area is 165 Å². The number of unbranched alkanes of at least 4 members (excludes halogenated alkanes) is 3. The summed E-state index contributed by atoms with van der Waals surface area (Å²) in [6, 6.07) is 0. The molecular weight excluding hydrogens is 368 g/mol. The second-order valence-corrected chi connectivity index (χ2v) is 7.54. The van der Waals surface area contributed by atoms with Gasteiger partial charge in [-0.3, -0.25) is 19.2 Å².